The van der Waals surface area contributed by atoms with E-state index < -0.39 is 0 Å². The lowest BCUT2D eigenvalue weighted by molar-refractivity contribution is -0.356. The number of hydrogen-bond donors (Lipinski definition) is 0. The van der Waals surface area contributed by atoms with Crippen molar-refractivity contribution in [1.29, 1.82) is 0 Å². The molecule has 0 fully saturated rings. The van der Waals surface area contributed by atoms with Crippen molar-refractivity contribution in [2.75, 3.05) is 18.0 Å². The average molecular weight is 372 g/mol. The molecule has 0 saturated carbocycles. The third-order valence-corrected chi connectivity index (χ3v) is 5.76. The highest BCUT2D eigenvalue weighted by atomic mass is 15.1. The van der Waals surface area contributed by atoms with Crippen LogP contribution in [-0.2, 0) is 5.41 Å². The van der Waals surface area contributed by atoms with E-state index in [9.17, 15) is 0 Å². The summed E-state index contributed by atoms with van der Waals surface area (Å²) in [7, 11) is 0. The predicted molar refractivity (Wildman–Crippen MR) is 124 cm³/mol. The van der Waals surface area contributed by atoms with E-state index >= 15 is 0 Å². The van der Waals surface area contributed by atoms with Crippen LogP contribution in [-0.4, -0.2) is 23.4 Å². The van der Waals surface area contributed by atoms with Gasteiger partial charge >= 0.3 is 0 Å². The molecule has 0 amide bonds. The van der Waals surface area contributed by atoms with Crippen molar-refractivity contribution in [3.63, 3.8) is 0 Å². The molecule has 0 atom stereocenters. The van der Waals surface area contributed by atoms with Gasteiger partial charge in [0.05, 0.1) is 5.41 Å². The van der Waals surface area contributed by atoms with Gasteiger partial charge in [-0.1, -0.05) is 36.9 Å². The molecule has 0 spiro atoms. The molecule has 1 heterocycles. The van der Waals surface area contributed by atoms with Crippen molar-refractivity contribution < 1.29 is 4.58 Å². The van der Waals surface area contributed by atoms with Gasteiger partial charge in [0.15, 0.2) is 11.9 Å². The van der Waals surface area contributed by atoms with Crippen LogP contribution in [0.3, 0.4) is 0 Å². The van der Waals surface area contributed by atoms with Crippen molar-refractivity contribution in [3.8, 4) is 0 Å². The molecule has 2 nitrogen and oxygen atoms in total. The second-order valence-electron chi connectivity index (χ2n) is 7.60. The maximum Gasteiger partial charge on any atom is 0.215 e. The van der Waals surface area contributed by atoms with Gasteiger partial charge in [0, 0.05) is 36.5 Å². The molecule has 2 heteroatoms. The lowest BCUT2D eigenvalue weighted by Gasteiger charge is -2.22. The third-order valence-electron chi connectivity index (χ3n) is 5.76. The molecule has 0 unspecified atom stereocenters. The Morgan fingerprint density at radius 1 is 0.964 bits per heavy atom. The van der Waals surface area contributed by atoms with Crippen molar-refractivity contribution in [3.05, 3.63) is 84.6 Å². The van der Waals surface area contributed by atoms with Gasteiger partial charge in [0.25, 0.3) is 0 Å². The molecule has 28 heavy (non-hydrogen) atoms. The molecule has 0 aromatic heterocycles. The molecule has 2 aromatic carbocycles. The summed E-state index contributed by atoms with van der Waals surface area (Å²) in [4.78, 5) is 2.35. The third kappa shape index (κ3) is 3.35. The van der Waals surface area contributed by atoms with E-state index in [1.807, 2.05) is 12.3 Å². The smallest absolute Gasteiger partial charge is 0.215 e. The molecule has 1 aliphatic heterocycles. The Balaban J connectivity index is 2.02. The maximum atomic E-state index is 4.05. The standard InChI is InChI=1S/C26H31N2/c1-7-20-19-22(27(8-2)9-3)17-15-21(20)16-18-25-26(5,6)23-13-11-12-14-24(23)28(25)10-4/h7,10-19H,1,4,8-9H2,2-3,5-6H3/q+1. The van der Waals surface area contributed by atoms with Crippen LogP contribution >= 0.6 is 0 Å². The lowest BCUT2D eigenvalue weighted by atomic mass is 9.81. The maximum absolute atomic E-state index is 4.05. The normalized spacial score (nSPS) is 15.0. The fourth-order valence-corrected chi connectivity index (χ4v) is 4.11. The SMILES string of the molecule is C=Cc1cc(N(CC)CC)ccc1/C=C/C1=[N+](C=C)c2ccccc2C1(C)C. The number of rotatable bonds is 7. The summed E-state index contributed by atoms with van der Waals surface area (Å²) in [5, 5.41) is 0. The molecule has 0 aliphatic carbocycles. The number of nitrogens with zero attached hydrogens (tertiary/aromatic N) is 2. The average Bonchev–Trinajstić information content (AvgIpc) is 2.94. The Hall–Kier alpha value is -2.87. The predicted octanol–water partition coefficient (Wildman–Crippen LogP) is 6.41. The first kappa shape index (κ1) is 19.9. The van der Waals surface area contributed by atoms with Gasteiger partial charge in [-0.3, -0.25) is 0 Å². The van der Waals surface area contributed by atoms with Crippen LogP contribution < -0.4 is 4.90 Å². The summed E-state index contributed by atoms with van der Waals surface area (Å²) in [5.74, 6) is 0. The van der Waals surface area contributed by atoms with Crippen molar-refractivity contribution in [1.82, 2.24) is 0 Å². The summed E-state index contributed by atoms with van der Waals surface area (Å²) in [5.41, 5.74) is 7.27. The highest BCUT2D eigenvalue weighted by Gasteiger charge is 2.43. The van der Waals surface area contributed by atoms with Crippen LogP contribution in [0.4, 0.5) is 11.4 Å². The topological polar surface area (TPSA) is 6.25 Å². The van der Waals surface area contributed by atoms with E-state index in [2.05, 4.69) is 105 Å². The second kappa shape index (κ2) is 8.02. The second-order valence-corrected chi connectivity index (χ2v) is 7.60. The number of hydrogen-bond acceptors (Lipinski definition) is 1. The van der Waals surface area contributed by atoms with Crippen LogP contribution in [0.25, 0.3) is 12.2 Å². The molecule has 0 N–H and O–H groups in total. The molecular weight excluding hydrogens is 340 g/mol. The Labute approximate surface area is 169 Å². The highest BCUT2D eigenvalue weighted by molar-refractivity contribution is 6.05. The van der Waals surface area contributed by atoms with Gasteiger partial charge in [-0.05, 0) is 63.6 Å². The fraction of sp³-hybridized carbons (Fsp3) is 0.269. The first-order valence-electron chi connectivity index (χ1n) is 10.1. The Morgan fingerprint density at radius 2 is 1.68 bits per heavy atom. The van der Waals surface area contributed by atoms with E-state index in [4.69, 9.17) is 0 Å². The van der Waals surface area contributed by atoms with Gasteiger partial charge in [-0.15, -0.1) is 0 Å². The molecule has 0 radical (unpaired) electrons. The summed E-state index contributed by atoms with van der Waals surface area (Å²) in [6.07, 6.45) is 8.27. The number of para-hydroxylation sites is 1. The summed E-state index contributed by atoms with van der Waals surface area (Å²) in [6.45, 7) is 19.0. The number of benzene rings is 2. The minimum Gasteiger partial charge on any atom is -0.372 e. The summed E-state index contributed by atoms with van der Waals surface area (Å²) < 4.78 is 2.20. The minimum absolute atomic E-state index is 0.0726. The quantitative estimate of drug-likeness (QED) is 0.510. The Bertz CT molecular complexity index is 956. The monoisotopic (exact) mass is 371 g/mol. The zero-order valence-electron chi connectivity index (χ0n) is 17.6. The van der Waals surface area contributed by atoms with Crippen LogP contribution in [0.15, 0.2) is 67.9 Å². The largest absolute Gasteiger partial charge is 0.372 e. The van der Waals surface area contributed by atoms with Gasteiger partial charge in [0.2, 0.25) is 5.69 Å². The van der Waals surface area contributed by atoms with Gasteiger partial charge in [-0.2, -0.15) is 4.58 Å². The van der Waals surface area contributed by atoms with Crippen molar-refractivity contribution >= 4 is 29.2 Å². The summed E-state index contributed by atoms with van der Waals surface area (Å²) in [6, 6.07) is 15.2. The van der Waals surface area contributed by atoms with E-state index in [-0.39, 0.29) is 5.41 Å². The lowest BCUT2D eigenvalue weighted by Crippen LogP contribution is -2.26. The van der Waals surface area contributed by atoms with Crippen LogP contribution in [0, 0.1) is 0 Å². The molecular formula is C26H31N2+. The van der Waals surface area contributed by atoms with Crippen LogP contribution in [0.5, 0.6) is 0 Å². The molecule has 1 aliphatic rings. The van der Waals surface area contributed by atoms with Gasteiger partial charge in [-0.25, -0.2) is 0 Å². The van der Waals surface area contributed by atoms with Gasteiger partial charge < -0.3 is 4.90 Å². The first-order chi connectivity index (χ1) is 13.5. The minimum atomic E-state index is -0.0726. The number of fused-ring (bicyclic) bond motifs is 1. The zero-order valence-corrected chi connectivity index (χ0v) is 17.6. The summed E-state index contributed by atoms with van der Waals surface area (Å²) >= 11 is 0. The van der Waals surface area contributed by atoms with E-state index in [1.165, 1.54) is 28.2 Å². The highest BCUT2D eigenvalue weighted by Crippen LogP contribution is 2.40. The zero-order chi connectivity index (χ0) is 20.3. The first-order valence-corrected chi connectivity index (χ1v) is 10.1. The van der Waals surface area contributed by atoms with Crippen LogP contribution in [0.1, 0.15) is 44.4 Å². The molecule has 0 bridgehead atoms. The van der Waals surface area contributed by atoms with Gasteiger partial charge in [0.1, 0.15) is 0 Å². The van der Waals surface area contributed by atoms with Crippen molar-refractivity contribution in [2.24, 2.45) is 0 Å². The Kier molecular flexibility index (Phi) is 5.69. The molecule has 3 rings (SSSR count). The molecule has 144 valence electrons. The van der Waals surface area contributed by atoms with E-state index in [0.29, 0.717) is 0 Å². The molecule has 0 saturated heterocycles. The molecule has 2 aromatic rings. The van der Waals surface area contributed by atoms with Crippen molar-refractivity contribution in [2.45, 2.75) is 33.1 Å². The van der Waals surface area contributed by atoms with Crippen LogP contribution in [0.2, 0.25) is 0 Å². The van der Waals surface area contributed by atoms with E-state index in [1.54, 1.807) is 0 Å². The number of allylic oxidation sites excluding steroid dienone is 1. The number of anilines is 1. The Morgan fingerprint density at radius 3 is 2.32 bits per heavy atom. The van der Waals surface area contributed by atoms with E-state index in [0.717, 1.165) is 18.7 Å². The fourth-order valence-electron chi connectivity index (χ4n) is 4.11.